The van der Waals surface area contributed by atoms with Gasteiger partial charge in [-0.05, 0) is 6.42 Å². The Bertz CT molecular complexity index is 564. The van der Waals surface area contributed by atoms with Gasteiger partial charge in [0, 0.05) is 6.54 Å². The molecule has 0 spiro atoms. The third-order valence-corrected chi connectivity index (χ3v) is 4.30. The number of aromatic nitrogens is 2. The third kappa shape index (κ3) is 2.49. The molecule has 0 amide bonds. The van der Waals surface area contributed by atoms with Gasteiger partial charge >= 0.3 is 5.69 Å². The highest BCUT2D eigenvalue weighted by atomic mass is 35.5. The summed E-state index contributed by atoms with van der Waals surface area (Å²) in [6.07, 6.45) is 1.03. The van der Waals surface area contributed by atoms with Gasteiger partial charge in [0.25, 0.3) is 5.92 Å². The quantitative estimate of drug-likeness (QED) is 0.626. The molecule has 2 aliphatic heterocycles. The van der Waals surface area contributed by atoms with Crippen molar-refractivity contribution in [1.29, 1.82) is 0 Å². The smallest absolute Gasteiger partial charge is 0.325 e. The van der Waals surface area contributed by atoms with Crippen LogP contribution in [0, 0.1) is 10.1 Å². The van der Waals surface area contributed by atoms with Gasteiger partial charge in [0.15, 0.2) is 0 Å². The topological polar surface area (TPSA) is 73.4 Å². The Morgan fingerprint density at radius 2 is 2.24 bits per heavy atom. The highest BCUT2D eigenvalue weighted by Gasteiger charge is 2.49. The number of nitrogens with zero attached hydrogens (tertiary/aromatic N) is 4. The number of rotatable bonds is 3. The Morgan fingerprint density at radius 3 is 2.71 bits per heavy atom. The SMILES string of the molecule is O=[N+]([O-])c1cnn(C2CCN(C3COC3)CC2(F)F)c1Cl. The molecule has 0 aromatic carbocycles. The molecule has 3 heterocycles. The average Bonchev–Trinajstić information content (AvgIpc) is 2.68. The molecule has 0 N–H and O–H groups in total. The van der Waals surface area contributed by atoms with E-state index >= 15 is 0 Å². The van der Waals surface area contributed by atoms with Crippen LogP contribution in [0.3, 0.4) is 0 Å². The van der Waals surface area contributed by atoms with Gasteiger partial charge in [-0.15, -0.1) is 0 Å². The molecule has 0 radical (unpaired) electrons. The summed E-state index contributed by atoms with van der Waals surface area (Å²) >= 11 is 5.81. The van der Waals surface area contributed by atoms with E-state index in [0.717, 1.165) is 10.9 Å². The lowest BCUT2D eigenvalue weighted by Crippen LogP contribution is -2.58. The number of likely N-dealkylation sites (tertiary alicyclic amines) is 1. The molecular weight excluding hydrogens is 310 g/mol. The van der Waals surface area contributed by atoms with Crippen molar-refractivity contribution in [2.75, 3.05) is 26.3 Å². The number of nitro groups is 1. The summed E-state index contributed by atoms with van der Waals surface area (Å²) in [6, 6.07) is -1.24. The van der Waals surface area contributed by atoms with Crippen molar-refractivity contribution in [2.45, 2.75) is 24.4 Å². The van der Waals surface area contributed by atoms with E-state index in [0.29, 0.717) is 19.8 Å². The van der Waals surface area contributed by atoms with E-state index in [2.05, 4.69) is 5.10 Å². The van der Waals surface area contributed by atoms with E-state index in [-0.39, 0.29) is 17.6 Å². The van der Waals surface area contributed by atoms with Crippen LogP contribution in [0.25, 0.3) is 0 Å². The van der Waals surface area contributed by atoms with Crippen LogP contribution in [0.4, 0.5) is 14.5 Å². The van der Waals surface area contributed by atoms with Gasteiger partial charge < -0.3 is 4.74 Å². The zero-order valence-electron chi connectivity index (χ0n) is 10.9. The normalized spacial score (nSPS) is 26.5. The first-order valence-corrected chi connectivity index (χ1v) is 6.85. The summed E-state index contributed by atoms with van der Waals surface area (Å²) < 4.78 is 34.6. The summed E-state index contributed by atoms with van der Waals surface area (Å²) in [5, 5.41) is 14.0. The predicted octanol–water partition coefficient (Wildman–Crippen LogP) is 1.73. The molecule has 2 saturated heterocycles. The maximum Gasteiger partial charge on any atom is 0.325 e. The molecule has 1 unspecified atom stereocenters. The standard InChI is InChI=1S/C11H13ClF2N4O3/c12-10-8(18(19)20)3-15-17(10)9-1-2-16(6-11(9,13)14)7-4-21-5-7/h3,7,9H,1-2,4-6H2. The van der Waals surface area contributed by atoms with Crippen molar-refractivity contribution in [3.05, 3.63) is 21.5 Å². The number of ether oxygens (including phenoxy) is 1. The molecule has 1 aromatic heterocycles. The van der Waals surface area contributed by atoms with Gasteiger partial charge in [-0.25, -0.2) is 13.5 Å². The second kappa shape index (κ2) is 5.15. The van der Waals surface area contributed by atoms with Crippen LogP contribution in [0.15, 0.2) is 6.20 Å². The van der Waals surface area contributed by atoms with E-state index in [1.54, 1.807) is 4.90 Å². The lowest BCUT2D eigenvalue weighted by atomic mass is 9.99. The minimum Gasteiger partial charge on any atom is -0.378 e. The molecule has 3 rings (SSSR count). The first-order valence-electron chi connectivity index (χ1n) is 6.47. The zero-order chi connectivity index (χ0) is 15.2. The fourth-order valence-corrected chi connectivity index (χ4v) is 2.96. The molecule has 2 fully saturated rings. The molecule has 0 saturated carbocycles. The highest BCUT2D eigenvalue weighted by Crippen LogP contribution is 2.40. The third-order valence-electron chi connectivity index (χ3n) is 3.94. The zero-order valence-corrected chi connectivity index (χ0v) is 11.7. The number of hydrogen-bond acceptors (Lipinski definition) is 5. The minimum atomic E-state index is -3.06. The van der Waals surface area contributed by atoms with Gasteiger partial charge in [0.2, 0.25) is 5.15 Å². The van der Waals surface area contributed by atoms with Gasteiger partial charge in [0.05, 0.1) is 30.7 Å². The van der Waals surface area contributed by atoms with Crippen molar-refractivity contribution in [1.82, 2.24) is 14.7 Å². The van der Waals surface area contributed by atoms with Crippen molar-refractivity contribution in [3.8, 4) is 0 Å². The van der Waals surface area contributed by atoms with E-state index in [9.17, 15) is 18.9 Å². The van der Waals surface area contributed by atoms with E-state index < -0.39 is 29.1 Å². The average molecular weight is 323 g/mol. The molecule has 21 heavy (non-hydrogen) atoms. The van der Waals surface area contributed by atoms with Crippen LogP contribution < -0.4 is 0 Å². The molecule has 1 aromatic rings. The number of alkyl halides is 2. The predicted molar refractivity (Wildman–Crippen MR) is 68.7 cm³/mol. The van der Waals surface area contributed by atoms with Crippen LogP contribution >= 0.6 is 11.6 Å². The Labute approximate surface area is 123 Å². The van der Waals surface area contributed by atoms with Gasteiger partial charge in [-0.3, -0.25) is 15.0 Å². The molecule has 116 valence electrons. The molecule has 2 aliphatic rings. The van der Waals surface area contributed by atoms with E-state index in [1.165, 1.54) is 0 Å². The van der Waals surface area contributed by atoms with Crippen LogP contribution in [-0.2, 0) is 4.74 Å². The van der Waals surface area contributed by atoms with Gasteiger partial charge in [-0.2, -0.15) is 5.10 Å². The number of piperidine rings is 1. The summed E-state index contributed by atoms with van der Waals surface area (Å²) in [7, 11) is 0. The van der Waals surface area contributed by atoms with Crippen LogP contribution in [0.5, 0.6) is 0 Å². The summed E-state index contributed by atoms with van der Waals surface area (Å²) in [4.78, 5) is 11.7. The van der Waals surface area contributed by atoms with Crippen molar-refractivity contribution in [2.24, 2.45) is 0 Å². The van der Waals surface area contributed by atoms with Crippen molar-refractivity contribution < 1.29 is 18.4 Å². The second-order valence-electron chi connectivity index (χ2n) is 5.25. The van der Waals surface area contributed by atoms with Crippen LogP contribution in [0.1, 0.15) is 12.5 Å². The minimum absolute atomic E-state index is 0.0271. The fourth-order valence-electron chi connectivity index (χ4n) is 2.68. The van der Waals surface area contributed by atoms with Crippen LogP contribution in [-0.4, -0.2) is 57.9 Å². The maximum atomic E-state index is 14.3. The highest BCUT2D eigenvalue weighted by molar-refractivity contribution is 6.31. The number of halogens is 3. The second-order valence-corrected chi connectivity index (χ2v) is 5.61. The molecule has 1 atom stereocenters. The van der Waals surface area contributed by atoms with Gasteiger partial charge in [0.1, 0.15) is 12.2 Å². The first kappa shape index (κ1) is 14.6. The summed E-state index contributed by atoms with van der Waals surface area (Å²) in [5.74, 6) is -3.06. The fraction of sp³-hybridized carbons (Fsp3) is 0.727. The summed E-state index contributed by atoms with van der Waals surface area (Å²) in [6.45, 7) is 0.970. The van der Waals surface area contributed by atoms with Gasteiger partial charge in [-0.1, -0.05) is 11.6 Å². The molecular formula is C11H13ClF2N4O3. The van der Waals surface area contributed by atoms with E-state index in [4.69, 9.17) is 16.3 Å². The first-order chi connectivity index (χ1) is 9.90. The Kier molecular flexibility index (Phi) is 3.58. The monoisotopic (exact) mass is 322 g/mol. The lowest BCUT2D eigenvalue weighted by molar-refractivity contribution is -0.384. The van der Waals surface area contributed by atoms with Crippen LogP contribution in [0.2, 0.25) is 5.15 Å². The molecule has 7 nitrogen and oxygen atoms in total. The van der Waals surface area contributed by atoms with E-state index in [1.807, 2.05) is 0 Å². The van der Waals surface area contributed by atoms with Crippen molar-refractivity contribution in [3.63, 3.8) is 0 Å². The largest absolute Gasteiger partial charge is 0.378 e. The summed E-state index contributed by atoms with van der Waals surface area (Å²) in [5.41, 5.74) is -0.456. The Morgan fingerprint density at radius 1 is 1.52 bits per heavy atom. The molecule has 0 bridgehead atoms. The Hall–Kier alpha value is -1.32. The Balaban J connectivity index is 1.81. The molecule has 0 aliphatic carbocycles. The number of hydrogen-bond donors (Lipinski definition) is 0. The maximum absolute atomic E-state index is 14.3. The lowest BCUT2D eigenvalue weighted by Gasteiger charge is -2.44. The molecule has 10 heteroatoms. The van der Waals surface area contributed by atoms with Crippen molar-refractivity contribution >= 4 is 17.3 Å².